The minimum atomic E-state index is -0.0662. The zero-order chi connectivity index (χ0) is 14.7. The van der Waals surface area contributed by atoms with Gasteiger partial charge in [0.2, 0.25) is 11.8 Å². The second kappa shape index (κ2) is 6.56. The van der Waals surface area contributed by atoms with Crippen LogP contribution in [0.5, 0.6) is 0 Å². The third-order valence-electron chi connectivity index (χ3n) is 3.99. The molecule has 21 heavy (non-hydrogen) atoms. The van der Waals surface area contributed by atoms with E-state index in [9.17, 15) is 9.59 Å². The smallest absolute Gasteiger partial charge is 0.223 e. The highest BCUT2D eigenvalue weighted by atomic mass is 32.1. The van der Waals surface area contributed by atoms with E-state index in [2.05, 4.69) is 10.3 Å². The van der Waals surface area contributed by atoms with E-state index in [0.717, 1.165) is 31.6 Å². The number of hydrogen-bond donors (Lipinski definition) is 1. The summed E-state index contributed by atoms with van der Waals surface area (Å²) in [5, 5.41) is 6.07. The predicted octanol–water partition coefficient (Wildman–Crippen LogP) is 2.04. The Morgan fingerprint density at radius 1 is 1.29 bits per heavy atom. The number of amides is 2. The summed E-state index contributed by atoms with van der Waals surface area (Å²) in [7, 11) is 0. The number of carbonyl (C=O) groups excluding carboxylic acids is 2. The van der Waals surface area contributed by atoms with Crippen LogP contribution in [0, 0.1) is 0 Å². The molecular weight excluding hydrogens is 286 g/mol. The molecule has 1 aliphatic heterocycles. The lowest BCUT2D eigenvalue weighted by molar-refractivity contribution is -0.132. The number of likely N-dealkylation sites (tertiary alicyclic amines) is 1. The Balaban J connectivity index is 1.36. The number of nitrogens with one attached hydrogen (secondary N) is 1. The Labute approximate surface area is 128 Å². The molecule has 0 aromatic carbocycles. The molecule has 3 rings (SSSR count). The molecule has 0 atom stereocenters. The molecule has 0 radical (unpaired) electrons. The maximum atomic E-state index is 11.8. The summed E-state index contributed by atoms with van der Waals surface area (Å²) in [5.74, 6) is 0.702. The van der Waals surface area contributed by atoms with Crippen LogP contribution >= 0.6 is 11.3 Å². The van der Waals surface area contributed by atoms with Gasteiger partial charge in [0.25, 0.3) is 0 Å². The largest absolute Gasteiger partial charge is 0.350 e. The molecule has 2 aliphatic rings. The molecule has 0 unspecified atom stereocenters. The lowest BCUT2D eigenvalue weighted by atomic mass is 10.2. The highest BCUT2D eigenvalue weighted by Gasteiger charge is 2.26. The lowest BCUT2D eigenvalue weighted by Gasteiger charge is -2.14. The van der Waals surface area contributed by atoms with Gasteiger partial charge in [-0.15, -0.1) is 11.3 Å². The maximum Gasteiger partial charge on any atom is 0.223 e. The quantitative estimate of drug-likeness (QED) is 0.875. The highest BCUT2D eigenvalue weighted by Crippen LogP contribution is 2.41. The summed E-state index contributed by atoms with van der Waals surface area (Å²) in [6.45, 7) is 2.17. The monoisotopic (exact) mass is 307 g/mol. The molecule has 2 fully saturated rings. The van der Waals surface area contributed by atoms with Crippen molar-refractivity contribution in [2.75, 3.05) is 13.1 Å². The summed E-state index contributed by atoms with van der Waals surface area (Å²) in [6.07, 6.45) is 5.26. The SMILES string of the molecule is O=C(CCC(=O)N1CCCC1)NCc1csc(C2CC2)n1. The van der Waals surface area contributed by atoms with Gasteiger partial charge < -0.3 is 10.2 Å². The molecule has 2 heterocycles. The first-order valence-corrected chi connectivity index (χ1v) is 8.59. The maximum absolute atomic E-state index is 11.8. The molecular formula is C15H21N3O2S. The molecule has 114 valence electrons. The normalized spacial score (nSPS) is 18.0. The van der Waals surface area contributed by atoms with Crippen LogP contribution in [0.1, 0.15) is 55.1 Å². The number of hydrogen-bond acceptors (Lipinski definition) is 4. The molecule has 6 heteroatoms. The summed E-state index contributed by atoms with van der Waals surface area (Å²) < 4.78 is 0. The topological polar surface area (TPSA) is 62.3 Å². The fourth-order valence-electron chi connectivity index (χ4n) is 2.54. The highest BCUT2D eigenvalue weighted by molar-refractivity contribution is 7.09. The fourth-order valence-corrected chi connectivity index (χ4v) is 3.54. The number of carbonyl (C=O) groups is 2. The molecule has 1 saturated carbocycles. The zero-order valence-corrected chi connectivity index (χ0v) is 13.0. The minimum absolute atomic E-state index is 0.0662. The molecule has 0 bridgehead atoms. The van der Waals surface area contributed by atoms with Crippen molar-refractivity contribution >= 4 is 23.2 Å². The van der Waals surface area contributed by atoms with Crippen molar-refractivity contribution in [2.45, 2.75) is 51.0 Å². The van der Waals surface area contributed by atoms with Gasteiger partial charge in [-0.05, 0) is 25.7 Å². The van der Waals surface area contributed by atoms with Crippen LogP contribution < -0.4 is 5.32 Å². The summed E-state index contributed by atoms with van der Waals surface area (Å²) in [6, 6.07) is 0. The Morgan fingerprint density at radius 2 is 2.05 bits per heavy atom. The minimum Gasteiger partial charge on any atom is -0.350 e. The van der Waals surface area contributed by atoms with Crippen LogP contribution in [-0.2, 0) is 16.1 Å². The van der Waals surface area contributed by atoms with Gasteiger partial charge in [-0.2, -0.15) is 0 Å². The molecule has 1 aliphatic carbocycles. The second-order valence-electron chi connectivity index (χ2n) is 5.82. The van der Waals surface area contributed by atoms with Gasteiger partial charge in [0.05, 0.1) is 17.2 Å². The molecule has 1 saturated heterocycles. The van der Waals surface area contributed by atoms with Gasteiger partial charge in [0.15, 0.2) is 0 Å². The van der Waals surface area contributed by atoms with E-state index in [1.54, 1.807) is 11.3 Å². The van der Waals surface area contributed by atoms with E-state index >= 15 is 0 Å². The van der Waals surface area contributed by atoms with Crippen molar-refractivity contribution in [2.24, 2.45) is 0 Å². The van der Waals surface area contributed by atoms with E-state index in [4.69, 9.17) is 0 Å². The first-order valence-electron chi connectivity index (χ1n) is 7.71. The van der Waals surface area contributed by atoms with Crippen LogP contribution in [0.25, 0.3) is 0 Å². The number of rotatable bonds is 6. The average molecular weight is 307 g/mol. The molecule has 5 nitrogen and oxygen atoms in total. The lowest BCUT2D eigenvalue weighted by Crippen LogP contribution is -2.30. The average Bonchev–Trinajstić information content (AvgIpc) is 3.02. The molecule has 1 N–H and O–H groups in total. The van der Waals surface area contributed by atoms with Crippen molar-refractivity contribution in [1.82, 2.24) is 15.2 Å². The predicted molar refractivity (Wildman–Crippen MR) is 81.0 cm³/mol. The Hall–Kier alpha value is -1.43. The summed E-state index contributed by atoms with van der Waals surface area (Å²) in [4.78, 5) is 30.0. The van der Waals surface area contributed by atoms with E-state index < -0.39 is 0 Å². The standard InChI is InChI=1S/C15H21N3O2S/c19-13(5-6-14(20)18-7-1-2-8-18)16-9-12-10-21-15(17-12)11-3-4-11/h10-11H,1-9H2,(H,16,19). The zero-order valence-electron chi connectivity index (χ0n) is 12.1. The first kappa shape index (κ1) is 14.5. The second-order valence-corrected chi connectivity index (χ2v) is 6.71. The van der Waals surface area contributed by atoms with Gasteiger partial charge in [0, 0.05) is 37.2 Å². The van der Waals surface area contributed by atoms with E-state index in [0.29, 0.717) is 18.9 Å². The third-order valence-corrected chi connectivity index (χ3v) is 5.04. The van der Waals surface area contributed by atoms with Crippen molar-refractivity contribution < 1.29 is 9.59 Å². The van der Waals surface area contributed by atoms with Gasteiger partial charge in [-0.1, -0.05) is 0 Å². The molecule has 1 aromatic rings. The van der Waals surface area contributed by atoms with Gasteiger partial charge in [-0.3, -0.25) is 9.59 Å². The molecule has 2 amide bonds. The van der Waals surface area contributed by atoms with E-state index in [1.165, 1.54) is 17.8 Å². The van der Waals surface area contributed by atoms with Crippen LogP contribution in [0.2, 0.25) is 0 Å². The van der Waals surface area contributed by atoms with E-state index in [1.807, 2.05) is 10.3 Å². The molecule has 0 spiro atoms. The third kappa shape index (κ3) is 4.03. The van der Waals surface area contributed by atoms with Gasteiger partial charge >= 0.3 is 0 Å². The number of thiazole rings is 1. The van der Waals surface area contributed by atoms with Crippen LogP contribution in [0.3, 0.4) is 0 Å². The van der Waals surface area contributed by atoms with Crippen molar-refractivity contribution in [3.63, 3.8) is 0 Å². The van der Waals surface area contributed by atoms with E-state index in [-0.39, 0.29) is 18.2 Å². The van der Waals surface area contributed by atoms with Crippen LogP contribution in [-0.4, -0.2) is 34.8 Å². The summed E-state index contributed by atoms with van der Waals surface area (Å²) in [5.41, 5.74) is 0.932. The van der Waals surface area contributed by atoms with Crippen molar-refractivity contribution in [1.29, 1.82) is 0 Å². The Bertz CT molecular complexity index is 519. The van der Waals surface area contributed by atoms with Crippen molar-refractivity contribution in [3.8, 4) is 0 Å². The number of aromatic nitrogens is 1. The fraction of sp³-hybridized carbons (Fsp3) is 0.667. The van der Waals surface area contributed by atoms with Gasteiger partial charge in [0.1, 0.15) is 0 Å². The Morgan fingerprint density at radius 3 is 2.76 bits per heavy atom. The van der Waals surface area contributed by atoms with Gasteiger partial charge in [-0.25, -0.2) is 4.98 Å². The Kier molecular flexibility index (Phi) is 4.53. The first-order chi connectivity index (χ1) is 10.2. The molecule has 1 aromatic heterocycles. The summed E-state index contributed by atoms with van der Waals surface area (Å²) >= 11 is 1.68. The van der Waals surface area contributed by atoms with Crippen molar-refractivity contribution in [3.05, 3.63) is 16.1 Å². The van der Waals surface area contributed by atoms with Crippen LogP contribution in [0.15, 0.2) is 5.38 Å². The number of nitrogens with zero attached hydrogens (tertiary/aromatic N) is 2. The van der Waals surface area contributed by atoms with Crippen LogP contribution in [0.4, 0.5) is 0 Å².